The maximum absolute atomic E-state index is 12.5. The Hall–Kier alpha value is -2.37. The van der Waals surface area contributed by atoms with Gasteiger partial charge in [-0.2, -0.15) is 0 Å². The van der Waals surface area contributed by atoms with Gasteiger partial charge in [0.05, 0.1) is 18.7 Å². The molecule has 0 bridgehead atoms. The highest BCUT2D eigenvalue weighted by Gasteiger charge is 2.24. The molecule has 2 rings (SSSR count). The third kappa shape index (κ3) is 4.06. The summed E-state index contributed by atoms with van der Waals surface area (Å²) in [6.07, 6.45) is 1.82. The van der Waals surface area contributed by atoms with Gasteiger partial charge < -0.3 is 10.1 Å². The number of rotatable bonds is 8. The summed E-state index contributed by atoms with van der Waals surface area (Å²) >= 11 is 0. The predicted molar refractivity (Wildman–Crippen MR) is 101 cm³/mol. The lowest BCUT2D eigenvalue weighted by atomic mass is 10.2. The van der Waals surface area contributed by atoms with E-state index in [4.69, 9.17) is 4.74 Å². The molecule has 0 saturated carbocycles. The number of hydrogen-bond donors (Lipinski definition) is 1. The minimum absolute atomic E-state index is 0.0107. The quantitative estimate of drug-likeness (QED) is 0.581. The number of aromatic nitrogens is 2. The van der Waals surface area contributed by atoms with Gasteiger partial charge in [0, 0.05) is 19.0 Å². The molecule has 2 aromatic rings. The monoisotopic (exact) mass is 360 g/mol. The number of benzene rings is 1. The van der Waals surface area contributed by atoms with Gasteiger partial charge >= 0.3 is 5.97 Å². The number of fused-ring (bicyclic) bond motifs is 1. The van der Waals surface area contributed by atoms with Crippen LogP contribution in [0.4, 0.5) is 0 Å². The Morgan fingerprint density at radius 3 is 2.46 bits per heavy atom. The van der Waals surface area contributed by atoms with E-state index in [1.165, 1.54) is 0 Å². The molecule has 1 heterocycles. The lowest BCUT2D eigenvalue weighted by Crippen LogP contribution is -2.38. The first-order chi connectivity index (χ1) is 12.5. The van der Waals surface area contributed by atoms with Crippen molar-refractivity contribution in [2.75, 3.05) is 6.61 Å². The van der Waals surface area contributed by atoms with E-state index in [0.29, 0.717) is 12.2 Å². The lowest BCUT2D eigenvalue weighted by Gasteiger charge is -2.14. The van der Waals surface area contributed by atoms with E-state index in [0.717, 1.165) is 36.2 Å². The van der Waals surface area contributed by atoms with E-state index < -0.39 is 0 Å². The fourth-order valence-electron chi connectivity index (χ4n) is 3.31. The Kier molecular flexibility index (Phi) is 6.77. The first kappa shape index (κ1) is 19.9. The van der Waals surface area contributed by atoms with Crippen LogP contribution in [-0.2, 0) is 22.6 Å². The molecule has 0 aliphatic heterocycles. The molecule has 0 unspecified atom stereocenters. The molecule has 0 spiro atoms. The molecule has 0 aliphatic carbocycles. The van der Waals surface area contributed by atoms with Gasteiger partial charge in [-0.05, 0) is 38.8 Å². The summed E-state index contributed by atoms with van der Waals surface area (Å²) in [5.41, 5.74) is 2.38. The van der Waals surface area contributed by atoms with Crippen LogP contribution in [0.15, 0.2) is 18.2 Å². The van der Waals surface area contributed by atoms with Gasteiger partial charge in [0.15, 0.2) is 17.6 Å². The van der Waals surface area contributed by atoms with Crippen molar-refractivity contribution in [3.05, 3.63) is 29.6 Å². The van der Waals surface area contributed by atoms with Crippen molar-refractivity contribution in [2.45, 2.75) is 66.6 Å². The van der Waals surface area contributed by atoms with Crippen molar-refractivity contribution in [3.8, 4) is 0 Å². The molecule has 0 saturated heterocycles. The topological polar surface area (TPSA) is 64.2 Å². The summed E-state index contributed by atoms with van der Waals surface area (Å²) < 4.78 is 9.23. The summed E-state index contributed by atoms with van der Waals surface area (Å²) in [7, 11) is 0. The number of nitrogens with zero attached hydrogens (tertiary/aromatic N) is 2. The number of imidazole rings is 1. The average molecular weight is 360 g/mol. The molecule has 6 nitrogen and oxygen atoms in total. The van der Waals surface area contributed by atoms with Crippen molar-refractivity contribution < 1.29 is 18.9 Å². The zero-order valence-electron chi connectivity index (χ0n) is 16.5. The Bertz CT molecular complexity index is 791. The number of carbonyl (C=O) groups is 2. The Morgan fingerprint density at radius 2 is 1.88 bits per heavy atom. The first-order valence-electron chi connectivity index (χ1n) is 9.45. The molecule has 0 fully saturated rings. The summed E-state index contributed by atoms with van der Waals surface area (Å²) in [6, 6.07) is 5.71. The smallest absolute Gasteiger partial charge is 0.338 e. The maximum Gasteiger partial charge on any atom is 0.338 e. The van der Waals surface area contributed by atoms with Crippen molar-refractivity contribution in [2.24, 2.45) is 0 Å². The molecule has 1 aromatic carbocycles. The number of aryl methyl sites for hydroxylation is 1. The fourth-order valence-corrected chi connectivity index (χ4v) is 3.31. The van der Waals surface area contributed by atoms with Gasteiger partial charge in [-0.25, -0.2) is 13.9 Å². The van der Waals surface area contributed by atoms with Gasteiger partial charge in [-0.3, -0.25) is 4.79 Å². The molecule has 142 valence electrons. The highest BCUT2D eigenvalue weighted by molar-refractivity contribution is 5.93. The fraction of sp³-hybridized carbons (Fsp3) is 0.550. The summed E-state index contributed by atoms with van der Waals surface area (Å²) in [5, 5.41) is 3.08. The third-order valence-corrected chi connectivity index (χ3v) is 4.82. The molecule has 26 heavy (non-hydrogen) atoms. The van der Waals surface area contributed by atoms with Crippen molar-refractivity contribution in [1.29, 1.82) is 0 Å². The Morgan fingerprint density at radius 1 is 1.19 bits per heavy atom. The molecule has 6 heteroatoms. The van der Waals surface area contributed by atoms with E-state index in [-0.39, 0.29) is 24.5 Å². The van der Waals surface area contributed by atoms with E-state index in [1.54, 1.807) is 13.0 Å². The van der Waals surface area contributed by atoms with Crippen LogP contribution < -0.4 is 9.88 Å². The van der Waals surface area contributed by atoms with Crippen molar-refractivity contribution >= 4 is 22.9 Å². The second kappa shape index (κ2) is 8.83. The summed E-state index contributed by atoms with van der Waals surface area (Å²) in [4.78, 5) is 24.6. The molecular formula is C20H30N3O3+. The molecule has 0 aliphatic rings. The van der Waals surface area contributed by atoms with Crippen molar-refractivity contribution in [1.82, 2.24) is 9.88 Å². The molecular weight excluding hydrogens is 330 g/mol. The summed E-state index contributed by atoms with van der Waals surface area (Å²) in [6.45, 7) is 11.4. The van der Waals surface area contributed by atoms with Gasteiger partial charge in [0.1, 0.15) is 0 Å². The van der Waals surface area contributed by atoms with Crippen LogP contribution in [0.1, 0.15) is 56.7 Å². The largest absolute Gasteiger partial charge is 0.462 e. The van der Waals surface area contributed by atoms with E-state index in [2.05, 4.69) is 30.7 Å². The summed E-state index contributed by atoms with van der Waals surface area (Å²) in [5.74, 6) is 0.635. The number of nitrogens with one attached hydrogen (secondary N) is 1. The first-order valence-corrected chi connectivity index (χ1v) is 9.45. The average Bonchev–Trinajstić information content (AvgIpc) is 2.90. The normalized spacial score (nSPS) is 11.2. The highest BCUT2D eigenvalue weighted by Crippen LogP contribution is 2.18. The Balaban J connectivity index is 2.43. The highest BCUT2D eigenvalue weighted by atomic mass is 16.5. The minimum Gasteiger partial charge on any atom is -0.462 e. The molecule has 1 N–H and O–H groups in total. The SMILES string of the molecule is CCOC(=O)c1ccc2c(c1)n(CC(=O)NC(CC)CC)c(C)[n+]2CC. The maximum atomic E-state index is 12.5. The van der Waals surface area contributed by atoms with E-state index >= 15 is 0 Å². The predicted octanol–water partition coefficient (Wildman–Crippen LogP) is 2.74. The second-order valence-electron chi connectivity index (χ2n) is 6.38. The van der Waals surface area contributed by atoms with Gasteiger partial charge in [0.25, 0.3) is 11.7 Å². The minimum atomic E-state index is -0.343. The number of hydrogen-bond acceptors (Lipinski definition) is 3. The standard InChI is InChI=1S/C20H29N3O3/c1-6-16(7-2)21-19(24)13-23-14(5)22(8-3)17-11-10-15(12-18(17)23)20(25)26-9-4/h10-12,16H,6-9,13H2,1-5H3/p+1. The molecule has 1 amide bonds. The van der Waals surface area contributed by atoms with Gasteiger partial charge in [-0.15, -0.1) is 0 Å². The number of ether oxygens (including phenoxy) is 1. The van der Waals surface area contributed by atoms with Crippen LogP contribution in [0.3, 0.4) is 0 Å². The van der Waals surface area contributed by atoms with Crippen molar-refractivity contribution in [3.63, 3.8) is 0 Å². The lowest BCUT2D eigenvalue weighted by molar-refractivity contribution is -0.674. The molecule has 0 atom stereocenters. The molecule has 1 aromatic heterocycles. The van der Waals surface area contributed by atoms with Crippen LogP contribution in [0.25, 0.3) is 11.0 Å². The van der Waals surface area contributed by atoms with Crippen LogP contribution >= 0.6 is 0 Å². The van der Waals surface area contributed by atoms with Crippen LogP contribution in [0.2, 0.25) is 0 Å². The number of carbonyl (C=O) groups excluding carboxylic acids is 2. The third-order valence-electron chi connectivity index (χ3n) is 4.82. The van der Waals surface area contributed by atoms with Crippen LogP contribution in [0.5, 0.6) is 0 Å². The molecule has 0 radical (unpaired) electrons. The second-order valence-corrected chi connectivity index (χ2v) is 6.38. The van der Waals surface area contributed by atoms with Crippen LogP contribution in [0, 0.1) is 6.92 Å². The van der Waals surface area contributed by atoms with E-state index in [1.807, 2.05) is 23.6 Å². The zero-order valence-corrected chi connectivity index (χ0v) is 16.5. The van der Waals surface area contributed by atoms with Gasteiger partial charge in [-0.1, -0.05) is 13.8 Å². The number of amides is 1. The Labute approximate surface area is 155 Å². The van der Waals surface area contributed by atoms with Crippen LogP contribution in [-0.4, -0.2) is 29.1 Å². The van der Waals surface area contributed by atoms with Gasteiger partial charge in [0.2, 0.25) is 0 Å². The number of esters is 1. The van der Waals surface area contributed by atoms with E-state index in [9.17, 15) is 9.59 Å². The zero-order chi connectivity index (χ0) is 19.3.